The number of carbonyl (C=O) groups is 1. The van der Waals surface area contributed by atoms with E-state index in [1.165, 1.54) is 0 Å². The Bertz CT molecular complexity index is 367. The van der Waals surface area contributed by atoms with Gasteiger partial charge in [-0.3, -0.25) is 4.79 Å². The third-order valence-electron chi connectivity index (χ3n) is 3.39. The summed E-state index contributed by atoms with van der Waals surface area (Å²) in [6.07, 6.45) is 5.54. The van der Waals surface area contributed by atoms with Gasteiger partial charge in [-0.05, 0) is 60.1 Å². The Morgan fingerprint density at radius 2 is 2.12 bits per heavy atom. The van der Waals surface area contributed by atoms with Crippen molar-refractivity contribution in [3.05, 3.63) is 22.6 Å². The molecule has 1 heterocycles. The molecule has 4 heteroatoms. The summed E-state index contributed by atoms with van der Waals surface area (Å²) in [6, 6.07) is 1.76. The Labute approximate surface area is 104 Å². The van der Waals surface area contributed by atoms with Gasteiger partial charge in [0.25, 0.3) is 0 Å². The van der Waals surface area contributed by atoms with E-state index in [2.05, 4.69) is 15.9 Å². The van der Waals surface area contributed by atoms with Crippen LogP contribution in [-0.4, -0.2) is 12.3 Å². The zero-order chi connectivity index (χ0) is 11.5. The van der Waals surface area contributed by atoms with Gasteiger partial charge in [-0.2, -0.15) is 0 Å². The fourth-order valence-electron chi connectivity index (χ4n) is 2.32. The quantitative estimate of drug-likeness (QED) is 0.869. The molecular formula is C12H16BrNO2. The molecule has 0 aromatic carbocycles. The van der Waals surface area contributed by atoms with Crippen LogP contribution in [0.1, 0.15) is 36.2 Å². The van der Waals surface area contributed by atoms with Gasteiger partial charge in [0.2, 0.25) is 5.78 Å². The van der Waals surface area contributed by atoms with Gasteiger partial charge in [0.1, 0.15) is 0 Å². The van der Waals surface area contributed by atoms with Crippen LogP contribution in [0.4, 0.5) is 0 Å². The molecule has 0 atom stereocenters. The number of rotatable bonds is 3. The Morgan fingerprint density at radius 3 is 2.62 bits per heavy atom. The second-order valence-electron chi connectivity index (χ2n) is 4.42. The van der Waals surface area contributed by atoms with Crippen LogP contribution in [0.3, 0.4) is 0 Å². The van der Waals surface area contributed by atoms with Crippen molar-refractivity contribution in [1.82, 2.24) is 0 Å². The molecule has 1 aromatic rings. The van der Waals surface area contributed by atoms with Crippen molar-refractivity contribution in [3.8, 4) is 0 Å². The molecule has 3 nitrogen and oxygen atoms in total. The minimum Gasteiger partial charge on any atom is -0.460 e. The lowest BCUT2D eigenvalue weighted by Gasteiger charge is -2.26. The SMILES string of the molecule is NCC1CCC(C(=O)c2occc2Br)CC1. The molecule has 2 N–H and O–H groups in total. The van der Waals surface area contributed by atoms with Gasteiger partial charge in [-0.25, -0.2) is 0 Å². The van der Waals surface area contributed by atoms with E-state index in [4.69, 9.17) is 10.2 Å². The molecular weight excluding hydrogens is 270 g/mol. The van der Waals surface area contributed by atoms with Gasteiger partial charge in [-0.1, -0.05) is 0 Å². The normalized spacial score (nSPS) is 25.6. The number of furan rings is 1. The zero-order valence-electron chi connectivity index (χ0n) is 9.12. The van der Waals surface area contributed by atoms with E-state index < -0.39 is 0 Å². The van der Waals surface area contributed by atoms with Gasteiger partial charge in [-0.15, -0.1) is 0 Å². The molecule has 1 fully saturated rings. The summed E-state index contributed by atoms with van der Waals surface area (Å²) in [5, 5.41) is 0. The molecule has 88 valence electrons. The highest BCUT2D eigenvalue weighted by Gasteiger charge is 2.28. The lowest BCUT2D eigenvalue weighted by Crippen LogP contribution is -2.25. The predicted molar refractivity (Wildman–Crippen MR) is 65.2 cm³/mol. The molecule has 0 unspecified atom stereocenters. The minimum atomic E-state index is 0.116. The van der Waals surface area contributed by atoms with Gasteiger partial charge in [0.05, 0.1) is 10.7 Å². The van der Waals surface area contributed by atoms with Gasteiger partial charge < -0.3 is 10.2 Å². The topological polar surface area (TPSA) is 56.2 Å². The van der Waals surface area contributed by atoms with Gasteiger partial charge in [0.15, 0.2) is 5.76 Å². The molecule has 0 bridgehead atoms. The van der Waals surface area contributed by atoms with Crippen molar-refractivity contribution in [2.75, 3.05) is 6.54 Å². The Kier molecular flexibility index (Phi) is 3.82. The molecule has 2 rings (SSSR count). The molecule has 1 saturated carbocycles. The van der Waals surface area contributed by atoms with Crippen molar-refractivity contribution in [1.29, 1.82) is 0 Å². The summed E-state index contributed by atoms with van der Waals surface area (Å²) in [5.41, 5.74) is 5.63. The number of carbonyl (C=O) groups excluding carboxylic acids is 1. The van der Waals surface area contributed by atoms with Crippen molar-refractivity contribution < 1.29 is 9.21 Å². The summed E-state index contributed by atoms with van der Waals surface area (Å²) in [6.45, 7) is 0.741. The fraction of sp³-hybridized carbons (Fsp3) is 0.583. The van der Waals surface area contributed by atoms with Crippen molar-refractivity contribution in [2.45, 2.75) is 25.7 Å². The van der Waals surface area contributed by atoms with Crippen LogP contribution in [0.5, 0.6) is 0 Å². The number of hydrogen-bond acceptors (Lipinski definition) is 3. The van der Waals surface area contributed by atoms with Crippen molar-refractivity contribution in [2.24, 2.45) is 17.6 Å². The Balaban J connectivity index is 2.00. The first-order valence-corrected chi connectivity index (χ1v) is 6.49. The largest absolute Gasteiger partial charge is 0.460 e. The monoisotopic (exact) mass is 285 g/mol. The average molecular weight is 286 g/mol. The second kappa shape index (κ2) is 5.15. The maximum atomic E-state index is 12.1. The maximum absolute atomic E-state index is 12.1. The minimum absolute atomic E-state index is 0.116. The Morgan fingerprint density at radius 1 is 1.44 bits per heavy atom. The number of hydrogen-bond donors (Lipinski definition) is 1. The third kappa shape index (κ3) is 2.38. The van der Waals surface area contributed by atoms with E-state index in [-0.39, 0.29) is 11.7 Å². The van der Waals surface area contributed by atoms with Crippen LogP contribution in [0.15, 0.2) is 21.2 Å². The maximum Gasteiger partial charge on any atom is 0.202 e. The second-order valence-corrected chi connectivity index (χ2v) is 5.27. The van der Waals surface area contributed by atoms with Gasteiger partial charge in [0, 0.05) is 5.92 Å². The predicted octanol–water partition coefficient (Wildman–Crippen LogP) is 2.99. The first-order chi connectivity index (χ1) is 7.72. The standard InChI is InChI=1S/C12H16BrNO2/c13-10-5-6-16-12(10)11(15)9-3-1-8(7-14)2-4-9/h5-6,8-9H,1-4,7,14H2. The van der Waals surface area contributed by atoms with Crippen LogP contribution in [0, 0.1) is 11.8 Å². The third-order valence-corrected chi connectivity index (χ3v) is 4.02. The van der Waals surface area contributed by atoms with E-state index in [0.29, 0.717) is 11.7 Å². The number of nitrogens with two attached hydrogens (primary N) is 1. The Hall–Kier alpha value is -0.610. The van der Waals surface area contributed by atoms with Crippen LogP contribution < -0.4 is 5.73 Å². The van der Waals surface area contributed by atoms with E-state index in [0.717, 1.165) is 36.7 Å². The first kappa shape index (κ1) is 11.9. The van der Waals surface area contributed by atoms with E-state index in [1.807, 2.05) is 0 Å². The molecule has 0 amide bonds. The fourth-order valence-corrected chi connectivity index (χ4v) is 2.71. The highest BCUT2D eigenvalue weighted by atomic mass is 79.9. The van der Waals surface area contributed by atoms with Crippen LogP contribution in [-0.2, 0) is 0 Å². The highest BCUT2D eigenvalue weighted by molar-refractivity contribution is 9.10. The summed E-state index contributed by atoms with van der Waals surface area (Å²) in [4.78, 5) is 12.1. The molecule has 1 aromatic heterocycles. The summed E-state index contributed by atoms with van der Waals surface area (Å²) < 4.78 is 5.97. The van der Waals surface area contributed by atoms with Crippen LogP contribution in [0.2, 0.25) is 0 Å². The molecule has 0 saturated heterocycles. The molecule has 1 aliphatic carbocycles. The molecule has 16 heavy (non-hydrogen) atoms. The van der Waals surface area contributed by atoms with Crippen molar-refractivity contribution >= 4 is 21.7 Å². The van der Waals surface area contributed by atoms with Crippen LogP contribution in [0.25, 0.3) is 0 Å². The number of ketones is 1. The lowest BCUT2D eigenvalue weighted by molar-refractivity contribution is 0.0843. The van der Waals surface area contributed by atoms with Gasteiger partial charge >= 0.3 is 0 Å². The number of halogens is 1. The number of Topliss-reactive ketones (excluding diaryl/α,β-unsaturated/α-hetero) is 1. The van der Waals surface area contributed by atoms with E-state index in [9.17, 15) is 4.79 Å². The van der Waals surface area contributed by atoms with Crippen LogP contribution >= 0.6 is 15.9 Å². The first-order valence-electron chi connectivity index (χ1n) is 5.69. The van der Waals surface area contributed by atoms with Crippen molar-refractivity contribution in [3.63, 3.8) is 0 Å². The van der Waals surface area contributed by atoms with E-state index >= 15 is 0 Å². The summed E-state index contributed by atoms with van der Waals surface area (Å²) in [5.74, 6) is 1.32. The average Bonchev–Trinajstić information content (AvgIpc) is 2.75. The summed E-state index contributed by atoms with van der Waals surface area (Å²) in [7, 11) is 0. The van der Waals surface area contributed by atoms with E-state index in [1.54, 1.807) is 12.3 Å². The molecule has 0 aliphatic heterocycles. The zero-order valence-corrected chi connectivity index (χ0v) is 10.7. The highest BCUT2D eigenvalue weighted by Crippen LogP contribution is 2.32. The molecule has 0 radical (unpaired) electrons. The molecule has 0 spiro atoms. The summed E-state index contributed by atoms with van der Waals surface area (Å²) >= 11 is 3.32. The lowest BCUT2D eigenvalue weighted by atomic mass is 9.79. The molecule has 1 aliphatic rings. The smallest absolute Gasteiger partial charge is 0.202 e.